The van der Waals surface area contributed by atoms with Crippen LogP contribution in [0.5, 0.6) is 0 Å². The molecule has 1 fully saturated rings. The smallest absolute Gasteiger partial charge is 0.321 e. The summed E-state index contributed by atoms with van der Waals surface area (Å²) in [6.07, 6.45) is 4.72. The Morgan fingerprint density at radius 3 is 1.39 bits per heavy atom. The molecule has 5 rings (SSSR count). The van der Waals surface area contributed by atoms with E-state index in [1.165, 1.54) is 0 Å². The lowest BCUT2D eigenvalue weighted by molar-refractivity contribution is -0.0408. The first-order chi connectivity index (χ1) is 17.6. The lowest BCUT2D eigenvalue weighted by atomic mass is 9.92. The van der Waals surface area contributed by atoms with Crippen molar-refractivity contribution in [2.45, 2.75) is 50.2 Å². The number of aliphatic hydroxyl groups is 2. The Labute approximate surface area is 210 Å². The SMILES string of the molecule is O=C1N(Cc2ccccc2)[C@H](Cc2ccoc2)[C@H](O)[C@@H](O)[C@@H](Cc2ccoc2)N1Cc1ccccc1. The zero-order valence-corrected chi connectivity index (χ0v) is 19.9. The summed E-state index contributed by atoms with van der Waals surface area (Å²) in [6, 6.07) is 21.5. The third-order valence-corrected chi connectivity index (χ3v) is 6.87. The number of aliphatic hydroxyl groups excluding tert-OH is 2. The molecule has 0 saturated carbocycles. The maximum Gasteiger partial charge on any atom is 0.321 e. The average Bonchev–Trinajstić information content (AvgIpc) is 3.61. The van der Waals surface area contributed by atoms with Crippen LogP contribution in [-0.2, 0) is 25.9 Å². The van der Waals surface area contributed by atoms with Gasteiger partial charge in [-0.25, -0.2) is 4.79 Å². The monoisotopic (exact) mass is 486 g/mol. The van der Waals surface area contributed by atoms with Crippen LogP contribution in [0.1, 0.15) is 22.3 Å². The molecule has 2 N–H and O–H groups in total. The molecule has 4 aromatic rings. The van der Waals surface area contributed by atoms with Crippen LogP contribution in [0.15, 0.2) is 107 Å². The minimum atomic E-state index is -1.18. The van der Waals surface area contributed by atoms with Crippen molar-refractivity contribution in [3.63, 3.8) is 0 Å². The standard InChI is InChI=1S/C29H30N2O5/c32-27-25(15-23-11-13-35-19-23)30(17-21-7-3-1-4-8-21)29(34)31(18-22-9-5-2-6-10-22)26(28(27)33)16-24-12-14-36-20-24/h1-14,19-20,25-28,32-33H,15-18H2/t25-,26-,27+,28+/m1/s1. The number of amides is 2. The Morgan fingerprint density at radius 2 is 1.03 bits per heavy atom. The molecule has 0 spiro atoms. The number of furan rings is 2. The summed E-state index contributed by atoms with van der Waals surface area (Å²) in [5, 5.41) is 23.1. The molecule has 0 aliphatic carbocycles. The summed E-state index contributed by atoms with van der Waals surface area (Å²) >= 11 is 0. The molecule has 0 unspecified atom stereocenters. The van der Waals surface area contributed by atoms with E-state index in [1.54, 1.807) is 34.9 Å². The van der Waals surface area contributed by atoms with Gasteiger partial charge < -0.3 is 28.8 Å². The zero-order chi connectivity index (χ0) is 24.9. The first-order valence-electron chi connectivity index (χ1n) is 12.1. The molecule has 186 valence electrons. The number of urea groups is 1. The quantitative estimate of drug-likeness (QED) is 0.389. The van der Waals surface area contributed by atoms with Gasteiger partial charge in [0.25, 0.3) is 0 Å². The summed E-state index contributed by atoms with van der Waals surface area (Å²) in [5.74, 6) is 0. The van der Waals surface area contributed by atoms with Crippen LogP contribution in [-0.4, -0.2) is 50.3 Å². The van der Waals surface area contributed by atoms with Gasteiger partial charge in [-0.1, -0.05) is 60.7 Å². The predicted molar refractivity (Wildman–Crippen MR) is 134 cm³/mol. The van der Waals surface area contributed by atoms with Gasteiger partial charge in [0.2, 0.25) is 0 Å². The minimum Gasteiger partial charge on any atom is -0.472 e. The fourth-order valence-electron chi connectivity index (χ4n) is 4.97. The maximum atomic E-state index is 14.3. The molecule has 3 heterocycles. The molecule has 7 heteroatoms. The van der Waals surface area contributed by atoms with Gasteiger partial charge in [-0.3, -0.25) is 0 Å². The van der Waals surface area contributed by atoms with E-state index in [0.29, 0.717) is 25.9 Å². The fraction of sp³-hybridized carbons (Fsp3) is 0.276. The third kappa shape index (κ3) is 5.22. The van der Waals surface area contributed by atoms with E-state index >= 15 is 0 Å². The van der Waals surface area contributed by atoms with E-state index in [2.05, 4.69) is 0 Å². The summed E-state index contributed by atoms with van der Waals surface area (Å²) in [7, 11) is 0. The molecular weight excluding hydrogens is 456 g/mol. The van der Waals surface area contributed by atoms with Gasteiger partial charge >= 0.3 is 6.03 Å². The van der Waals surface area contributed by atoms with Crippen LogP contribution in [0.2, 0.25) is 0 Å². The molecule has 2 aromatic heterocycles. The average molecular weight is 487 g/mol. The van der Waals surface area contributed by atoms with Gasteiger partial charge in [0.15, 0.2) is 0 Å². The number of carbonyl (C=O) groups is 1. The van der Waals surface area contributed by atoms with Gasteiger partial charge in [-0.05, 0) is 47.2 Å². The summed E-state index contributed by atoms with van der Waals surface area (Å²) in [4.78, 5) is 17.7. The molecule has 2 amide bonds. The van der Waals surface area contributed by atoms with Gasteiger partial charge in [0, 0.05) is 13.1 Å². The fourth-order valence-corrected chi connectivity index (χ4v) is 4.97. The van der Waals surface area contributed by atoms with E-state index < -0.39 is 24.3 Å². The minimum absolute atomic E-state index is 0.236. The molecule has 0 radical (unpaired) electrons. The molecule has 0 bridgehead atoms. The van der Waals surface area contributed by atoms with Gasteiger partial charge in [0.05, 0.1) is 37.1 Å². The second-order valence-corrected chi connectivity index (χ2v) is 9.30. The highest BCUT2D eigenvalue weighted by Crippen LogP contribution is 2.30. The van der Waals surface area contributed by atoms with Crippen molar-refractivity contribution in [1.82, 2.24) is 9.80 Å². The van der Waals surface area contributed by atoms with E-state index in [1.807, 2.05) is 72.8 Å². The second-order valence-electron chi connectivity index (χ2n) is 9.30. The Balaban J connectivity index is 1.56. The van der Waals surface area contributed by atoms with Gasteiger partial charge in [-0.15, -0.1) is 0 Å². The Hall–Kier alpha value is -3.81. The van der Waals surface area contributed by atoms with E-state index in [0.717, 1.165) is 22.3 Å². The number of benzene rings is 2. The van der Waals surface area contributed by atoms with Crippen LogP contribution in [0.3, 0.4) is 0 Å². The van der Waals surface area contributed by atoms with Crippen LogP contribution in [0.25, 0.3) is 0 Å². The summed E-state index contributed by atoms with van der Waals surface area (Å²) < 4.78 is 10.5. The van der Waals surface area contributed by atoms with Crippen molar-refractivity contribution >= 4 is 6.03 Å². The van der Waals surface area contributed by atoms with Crippen LogP contribution in [0.4, 0.5) is 4.79 Å². The first kappa shape index (κ1) is 23.9. The molecular formula is C29H30N2O5. The van der Waals surface area contributed by atoms with Crippen molar-refractivity contribution in [1.29, 1.82) is 0 Å². The van der Waals surface area contributed by atoms with Crippen LogP contribution >= 0.6 is 0 Å². The second kappa shape index (κ2) is 10.8. The van der Waals surface area contributed by atoms with Gasteiger partial charge in [0.1, 0.15) is 12.2 Å². The third-order valence-electron chi connectivity index (χ3n) is 6.87. The van der Waals surface area contributed by atoms with E-state index in [-0.39, 0.29) is 6.03 Å². The molecule has 4 atom stereocenters. The largest absolute Gasteiger partial charge is 0.472 e. The number of rotatable bonds is 8. The zero-order valence-electron chi connectivity index (χ0n) is 19.9. The lowest BCUT2D eigenvalue weighted by Gasteiger charge is -2.35. The van der Waals surface area contributed by atoms with Crippen molar-refractivity contribution in [2.75, 3.05) is 0 Å². The Morgan fingerprint density at radius 1 is 0.611 bits per heavy atom. The highest BCUT2D eigenvalue weighted by atomic mass is 16.3. The lowest BCUT2D eigenvalue weighted by Crippen LogP contribution is -2.50. The van der Waals surface area contributed by atoms with Gasteiger partial charge in [-0.2, -0.15) is 0 Å². The molecule has 1 saturated heterocycles. The molecule has 1 aliphatic rings. The van der Waals surface area contributed by atoms with Crippen molar-refractivity contribution < 1.29 is 23.8 Å². The first-order valence-corrected chi connectivity index (χ1v) is 12.1. The van der Waals surface area contributed by atoms with Crippen molar-refractivity contribution in [2.24, 2.45) is 0 Å². The highest BCUT2D eigenvalue weighted by molar-refractivity contribution is 5.76. The topological polar surface area (TPSA) is 90.3 Å². The summed E-state index contributed by atoms with van der Waals surface area (Å²) in [5.41, 5.74) is 3.58. The molecule has 7 nitrogen and oxygen atoms in total. The van der Waals surface area contributed by atoms with Crippen molar-refractivity contribution in [3.8, 4) is 0 Å². The molecule has 36 heavy (non-hydrogen) atoms. The predicted octanol–water partition coefficient (Wildman–Crippen LogP) is 4.25. The molecule has 1 aliphatic heterocycles. The number of nitrogens with zero attached hydrogens (tertiary/aromatic N) is 2. The van der Waals surface area contributed by atoms with Crippen molar-refractivity contribution in [3.05, 3.63) is 120 Å². The highest BCUT2D eigenvalue weighted by Gasteiger charge is 2.46. The summed E-state index contributed by atoms with van der Waals surface area (Å²) in [6.45, 7) is 0.603. The molecule has 2 aromatic carbocycles. The number of hydrogen-bond donors (Lipinski definition) is 2. The van der Waals surface area contributed by atoms with Crippen LogP contribution in [0, 0.1) is 0 Å². The maximum absolute atomic E-state index is 14.3. The van der Waals surface area contributed by atoms with E-state index in [9.17, 15) is 15.0 Å². The Bertz CT molecular complexity index is 1120. The number of carbonyl (C=O) groups excluding carboxylic acids is 1. The normalized spacial score (nSPS) is 22.6. The number of hydrogen-bond acceptors (Lipinski definition) is 5. The van der Waals surface area contributed by atoms with E-state index in [4.69, 9.17) is 8.83 Å². The van der Waals surface area contributed by atoms with Crippen LogP contribution < -0.4 is 0 Å². The Kier molecular flexibility index (Phi) is 7.21.